The van der Waals surface area contributed by atoms with Crippen molar-refractivity contribution in [1.29, 1.82) is 0 Å². The van der Waals surface area contributed by atoms with Gasteiger partial charge in [-0.15, -0.1) is 4.40 Å². The van der Waals surface area contributed by atoms with Crippen molar-refractivity contribution in [2.45, 2.75) is 54.5 Å². The standard InChI is InChI=1S/C33H34N4O5S2/c1-36-20-8-2-3-13-32(36)35-43(39,40)29-18-15-28(16-19-29)34-33(38)31-22-26-11-6-7-12-27(26)23-37(31)44(41,42)30-17-14-24-9-4-5-10-25(24)21-30/h4-7,9-12,14-19,21,31H,2-3,8,13,20,22-23H2,1H3,(H,34,38)/b35-32-. The topological polar surface area (TPSA) is 116 Å². The number of benzene rings is 4. The van der Waals surface area contributed by atoms with Crippen LogP contribution in [0.5, 0.6) is 0 Å². The van der Waals surface area contributed by atoms with E-state index in [0.717, 1.165) is 47.7 Å². The van der Waals surface area contributed by atoms with Crippen molar-refractivity contribution in [1.82, 2.24) is 9.21 Å². The fourth-order valence-electron chi connectivity index (χ4n) is 5.81. The second-order valence-electron chi connectivity index (χ2n) is 11.3. The molecule has 1 atom stereocenters. The Kier molecular flexibility index (Phi) is 8.28. The molecule has 0 aliphatic carbocycles. The first-order valence-corrected chi connectivity index (χ1v) is 17.5. The molecule has 2 aliphatic heterocycles. The highest BCUT2D eigenvalue weighted by atomic mass is 32.2. The van der Waals surface area contributed by atoms with Crippen molar-refractivity contribution in [3.8, 4) is 0 Å². The van der Waals surface area contributed by atoms with Crippen molar-refractivity contribution < 1.29 is 21.6 Å². The number of sulfonamides is 2. The van der Waals surface area contributed by atoms with Crippen molar-refractivity contribution in [2.24, 2.45) is 4.40 Å². The van der Waals surface area contributed by atoms with Crippen molar-refractivity contribution in [3.05, 3.63) is 102 Å². The van der Waals surface area contributed by atoms with Crippen LogP contribution in [-0.2, 0) is 37.8 Å². The van der Waals surface area contributed by atoms with Crippen LogP contribution in [0.1, 0.15) is 36.8 Å². The predicted octanol–water partition coefficient (Wildman–Crippen LogP) is 5.19. The van der Waals surface area contributed by atoms with Gasteiger partial charge in [0.2, 0.25) is 15.9 Å². The van der Waals surface area contributed by atoms with Gasteiger partial charge in [-0.1, -0.05) is 61.0 Å². The third-order valence-electron chi connectivity index (χ3n) is 8.32. The van der Waals surface area contributed by atoms with Gasteiger partial charge in [0.1, 0.15) is 11.9 Å². The van der Waals surface area contributed by atoms with Crippen LogP contribution in [0, 0.1) is 0 Å². The summed E-state index contributed by atoms with van der Waals surface area (Å²) in [6.45, 7) is 0.813. The van der Waals surface area contributed by atoms with Crippen LogP contribution in [0.25, 0.3) is 10.8 Å². The summed E-state index contributed by atoms with van der Waals surface area (Å²) in [6.07, 6.45) is 3.73. The summed E-state index contributed by atoms with van der Waals surface area (Å²) in [5, 5.41) is 4.53. The Labute approximate surface area is 258 Å². The van der Waals surface area contributed by atoms with Gasteiger partial charge in [-0.2, -0.15) is 12.7 Å². The number of nitrogens with one attached hydrogen (secondary N) is 1. The fourth-order valence-corrected chi connectivity index (χ4v) is 8.50. The van der Waals surface area contributed by atoms with Gasteiger partial charge in [-0.05, 0) is 77.6 Å². The van der Waals surface area contributed by atoms with Crippen LogP contribution in [-0.4, -0.2) is 57.4 Å². The SMILES string of the molecule is CN1CCCCC/C1=N/S(=O)(=O)c1ccc(NC(=O)C2Cc3ccccc3CN2S(=O)(=O)c2ccc3ccccc3c2)cc1. The zero-order chi connectivity index (χ0) is 30.9. The molecule has 1 fully saturated rings. The van der Waals surface area contributed by atoms with Crippen LogP contribution < -0.4 is 5.32 Å². The number of nitrogens with zero attached hydrogens (tertiary/aromatic N) is 3. The van der Waals surface area contributed by atoms with Crippen LogP contribution in [0.3, 0.4) is 0 Å². The molecule has 44 heavy (non-hydrogen) atoms. The highest BCUT2D eigenvalue weighted by molar-refractivity contribution is 7.90. The van der Waals surface area contributed by atoms with Gasteiger partial charge in [0.25, 0.3) is 10.0 Å². The third-order valence-corrected chi connectivity index (χ3v) is 11.5. The average Bonchev–Trinajstić information content (AvgIpc) is 3.23. The summed E-state index contributed by atoms with van der Waals surface area (Å²) >= 11 is 0. The van der Waals surface area contributed by atoms with E-state index in [0.29, 0.717) is 17.9 Å². The highest BCUT2D eigenvalue weighted by Gasteiger charge is 2.39. The maximum Gasteiger partial charge on any atom is 0.283 e. The molecule has 6 rings (SSSR count). The van der Waals surface area contributed by atoms with Crippen LogP contribution in [0.2, 0.25) is 0 Å². The molecule has 1 unspecified atom stereocenters. The first kappa shape index (κ1) is 30.0. The lowest BCUT2D eigenvalue weighted by Crippen LogP contribution is -2.50. The lowest BCUT2D eigenvalue weighted by molar-refractivity contribution is -0.120. The van der Waals surface area contributed by atoms with Gasteiger partial charge < -0.3 is 10.2 Å². The molecule has 0 bridgehead atoms. The van der Waals surface area contributed by atoms with Gasteiger partial charge in [-0.3, -0.25) is 4.79 Å². The monoisotopic (exact) mass is 630 g/mol. The summed E-state index contributed by atoms with van der Waals surface area (Å²) in [5.74, 6) is 0.0463. The minimum absolute atomic E-state index is 0.0211. The molecule has 0 radical (unpaired) electrons. The lowest BCUT2D eigenvalue weighted by Gasteiger charge is -2.35. The van der Waals surface area contributed by atoms with E-state index >= 15 is 0 Å². The van der Waals surface area contributed by atoms with Gasteiger partial charge in [-0.25, -0.2) is 8.42 Å². The Morgan fingerprint density at radius 2 is 1.48 bits per heavy atom. The summed E-state index contributed by atoms with van der Waals surface area (Å²) in [7, 11) is -6.14. The van der Waals surface area contributed by atoms with Crippen LogP contribution >= 0.6 is 0 Å². The predicted molar refractivity (Wildman–Crippen MR) is 171 cm³/mol. The first-order chi connectivity index (χ1) is 21.1. The molecule has 1 saturated heterocycles. The number of amidine groups is 1. The summed E-state index contributed by atoms with van der Waals surface area (Å²) in [6, 6.07) is 24.8. The summed E-state index contributed by atoms with van der Waals surface area (Å²) in [5.41, 5.74) is 2.10. The molecule has 228 valence electrons. The van der Waals surface area contributed by atoms with E-state index in [1.807, 2.05) is 60.5 Å². The number of carbonyl (C=O) groups excluding carboxylic acids is 1. The van der Waals surface area contributed by atoms with E-state index in [1.165, 1.54) is 28.6 Å². The number of fused-ring (bicyclic) bond motifs is 2. The van der Waals surface area contributed by atoms with Crippen molar-refractivity contribution >= 4 is 48.2 Å². The van der Waals surface area contributed by atoms with E-state index in [9.17, 15) is 21.6 Å². The molecular formula is C33H34N4O5S2. The van der Waals surface area contributed by atoms with Crippen molar-refractivity contribution in [2.75, 3.05) is 18.9 Å². The number of rotatable bonds is 6. The summed E-state index contributed by atoms with van der Waals surface area (Å²) in [4.78, 5) is 15.8. The molecule has 0 aromatic heterocycles. The third kappa shape index (κ3) is 6.12. The zero-order valence-electron chi connectivity index (χ0n) is 24.4. The molecule has 4 aromatic rings. The molecule has 0 saturated carbocycles. The number of hydrogen-bond donors (Lipinski definition) is 1. The molecule has 9 nitrogen and oxygen atoms in total. The molecule has 2 aliphatic rings. The smallest absolute Gasteiger partial charge is 0.283 e. The van der Waals surface area contributed by atoms with Gasteiger partial charge in [0.15, 0.2) is 0 Å². The Balaban J connectivity index is 1.26. The number of carbonyl (C=O) groups is 1. The van der Waals surface area contributed by atoms with E-state index in [-0.39, 0.29) is 22.8 Å². The minimum Gasteiger partial charge on any atom is -0.362 e. The Hall–Kier alpha value is -4.06. The van der Waals surface area contributed by atoms with Crippen molar-refractivity contribution in [3.63, 3.8) is 0 Å². The van der Waals surface area contributed by atoms with E-state index in [4.69, 9.17) is 0 Å². The maximum absolute atomic E-state index is 14.0. The summed E-state index contributed by atoms with van der Waals surface area (Å²) < 4.78 is 59.5. The quantitative estimate of drug-likeness (QED) is 0.314. The van der Waals surface area contributed by atoms with Gasteiger partial charge in [0, 0.05) is 32.2 Å². The number of anilines is 1. The highest BCUT2D eigenvalue weighted by Crippen LogP contribution is 2.31. The molecule has 0 spiro atoms. The second kappa shape index (κ2) is 12.1. The fraction of sp³-hybridized carbons (Fsp3) is 0.273. The van der Waals surface area contributed by atoms with Gasteiger partial charge in [0.05, 0.1) is 9.79 Å². The molecular weight excluding hydrogens is 597 g/mol. The molecule has 1 amide bonds. The van der Waals surface area contributed by atoms with E-state index in [2.05, 4.69) is 9.71 Å². The number of likely N-dealkylation sites (tertiary alicyclic amines) is 1. The number of hydrogen-bond acceptors (Lipinski definition) is 5. The van der Waals surface area contributed by atoms with Crippen LogP contribution in [0.4, 0.5) is 5.69 Å². The average molecular weight is 631 g/mol. The van der Waals surface area contributed by atoms with Gasteiger partial charge >= 0.3 is 0 Å². The normalized spacial score (nSPS) is 19.0. The second-order valence-corrected chi connectivity index (χ2v) is 14.8. The Morgan fingerprint density at radius 3 is 2.25 bits per heavy atom. The maximum atomic E-state index is 14.0. The first-order valence-electron chi connectivity index (χ1n) is 14.7. The minimum atomic E-state index is -4.06. The molecule has 11 heteroatoms. The van der Waals surface area contributed by atoms with Crippen LogP contribution in [0.15, 0.2) is 105 Å². The van der Waals surface area contributed by atoms with E-state index in [1.54, 1.807) is 18.2 Å². The van der Waals surface area contributed by atoms with E-state index < -0.39 is 32.0 Å². The largest absolute Gasteiger partial charge is 0.362 e. The lowest BCUT2D eigenvalue weighted by atomic mass is 9.95. The Morgan fingerprint density at radius 1 is 0.795 bits per heavy atom. The molecule has 1 N–H and O–H groups in total. The zero-order valence-corrected chi connectivity index (χ0v) is 26.0. The number of amides is 1. The molecule has 2 heterocycles. The Bertz CT molecular complexity index is 1960. The molecule has 4 aromatic carbocycles.